The molecule has 20 heavy (non-hydrogen) atoms. The predicted octanol–water partition coefficient (Wildman–Crippen LogP) is 2.55. The summed E-state index contributed by atoms with van der Waals surface area (Å²) >= 11 is 4.17. The third-order valence-electron chi connectivity index (χ3n) is 2.56. The number of nitrogens with one attached hydrogen (secondary N) is 1. The van der Waals surface area contributed by atoms with Crippen LogP contribution in [0.2, 0.25) is 0 Å². The van der Waals surface area contributed by atoms with E-state index in [4.69, 9.17) is 4.52 Å². The molecule has 0 saturated carbocycles. The maximum absolute atomic E-state index is 12.4. The third-order valence-corrected chi connectivity index (χ3v) is 5.41. The van der Waals surface area contributed by atoms with Crippen LogP contribution in [-0.2, 0) is 10.0 Å². The highest BCUT2D eigenvalue weighted by Crippen LogP contribution is 2.28. The van der Waals surface area contributed by atoms with Crippen molar-refractivity contribution in [2.24, 2.45) is 0 Å². The van der Waals surface area contributed by atoms with Gasteiger partial charge in [0.1, 0.15) is 26.2 Å². The molecule has 10 heteroatoms. The molecular weight excluding hydrogens is 368 g/mol. The summed E-state index contributed by atoms with van der Waals surface area (Å²) in [5, 5.41) is 3.65. The number of fused-ring (bicyclic) bond motifs is 1. The lowest BCUT2D eigenvalue weighted by Crippen LogP contribution is -2.14. The zero-order valence-corrected chi connectivity index (χ0v) is 13.2. The first-order valence-electron chi connectivity index (χ1n) is 5.35. The predicted molar refractivity (Wildman–Crippen MR) is 77.2 cm³/mol. The largest absolute Gasteiger partial charge is 0.358 e. The van der Waals surface area contributed by atoms with Gasteiger partial charge in [-0.3, -0.25) is 4.72 Å². The standard InChI is InChI=1S/C10H7BrN4O3S2/c1-5-8(11)10(12-18-5)15-20(16,17)7-4-2-3-6-9(7)14-19-13-6/h2-4H,1H3,(H,12,15). The summed E-state index contributed by atoms with van der Waals surface area (Å²) in [6.07, 6.45) is 0. The van der Waals surface area contributed by atoms with Crippen molar-refractivity contribution >= 4 is 54.5 Å². The van der Waals surface area contributed by atoms with Gasteiger partial charge in [-0.1, -0.05) is 11.2 Å². The van der Waals surface area contributed by atoms with E-state index in [9.17, 15) is 8.42 Å². The summed E-state index contributed by atoms with van der Waals surface area (Å²) in [6.45, 7) is 1.67. The SMILES string of the molecule is Cc1onc(NS(=O)(=O)c2cccc3nsnc23)c1Br. The van der Waals surface area contributed by atoms with Crippen molar-refractivity contribution < 1.29 is 12.9 Å². The average Bonchev–Trinajstić information content (AvgIpc) is 3.00. The Morgan fingerprint density at radius 1 is 1.35 bits per heavy atom. The van der Waals surface area contributed by atoms with Gasteiger partial charge < -0.3 is 4.52 Å². The number of rotatable bonds is 3. The van der Waals surface area contributed by atoms with Gasteiger partial charge in [0.05, 0.1) is 11.7 Å². The van der Waals surface area contributed by atoms with Crippen LogP contribution in [0.4, 0.5) is 5.82 Å². The van der Waals surface area contributed by atoms with Gasteiger partial charge in [0.2, 0.25) is 0 Å². The number of aryl methyl sites for hydroxylation is 1. The monoisotopic (exact) mass is 374 g/mol. The number of benzene rings is 1. The Bertz CT molecular complexity index is 887. The Morgan fingerprint density at radius 3 is 2.85 bits per heavy atom. The number of sulfonamides is 1. The van der Waals surface area contributed by atoms with Crippen molar-refractivity contribution in [3.05, 3.63) is 28.4 Å². The molecule has 3 aromatic rings. The number of aromatic nitrogens is 3. The first-order valence-corrected chi connectivity index (χ1v) is 8.35. The second-order valence-corrected chi connectivity index (χ2v) is 6.87. The molecule has 0 spiro atoms. The Morgan fingerprint density at radius 2 is 2.15 bits per heavy atom. The summed E-state index contributed by atoms with van der Waals surface area (Å²) in [4.78, 5) is 0.0521. The Balaban J connectivity index is 2.08. The van der Waals surface area contributed by atoms with Gasteiger partial charge in [-0.05, 0) is 35.0 Å². The molecule has 0 saturated heterocycles. The number of hydrogen-bond donors (Lipinski definition) is 1. The number of hydrogen-bond acceptors (Lipinski definition) is 7. The van der Waals surface area contributed by atoms with Gasteiger partial charge in [-0.15, -0.1) is 0 Å². The van der Waals surface area contributed by atoms with E-state index in [0.717, 1.165) is 11.7 Å². The minimum Gasteiger partial charge on any atom is -0.358 e. The molecule has 7 nitrogen and oxygen atoms in total. The molecule has 2 aromatic heterocycles. The molecule has 0 aliphatic carbocycles. The number of halogens is 1. The van der Waals surface area contributed by atoms with E-state index in [-0.39, 0.29) is 10.7 Å². The fourth-order valence-electron chi connectivity index (χ4n) is 1.60. The first kappa shape index (κ1) is 13.5. The highest BCUT2D eigenvalue weighted by atomic mass is 79.9. The van der Waals surface area contributed by atoms with Crippen molar-refractivity contribution in [3.8, 4) is 0 Å². The van der Waals surface area contributed by atoms with Crippen molar-refractivity contribution in [2.75, 3.05) is 4.72 Å². The molecule has 0 fully saturated rings. The van der Waals surface area contributed by atoms with Crippen molar-refractivity contribution in [1.82, 2.24) is 13.9 Å². The van der Waals surface area contributed by atoms with Crippen molar-refractivity contribution in [3.63, 3.8) is 0 Å². The molecule has 0 aliphatic heterocycles. The van der Waals surface area contributed by atoms with Crippen LogP contribution < -0.4 is 4.72 Å². The van der Waals surface area contributed by atoms with E-state index >= 15 is 0 Å². The van der Waals surface area contributed by atoms with E-state index in [1.165, 1.54) is 6.07 Å². The van der Waals surface area contributed by atoms with E-state index in [1.54, 1.807) is 19.1 Å². The maximum Gasteiger partial charge on any atom is 0.265 e. The lowest BCUT2D eigenvalue weighted by molar-refractivity contribution is 0.399. The van der Waals surface area contributed by atoms with E-state index in [2.05, 4.69) is 34.6 Å². The summed E-state index contributed by atoms with van der Waals surface area (Å²) < 4.78 is 40.5. The van der Waals surface area contributed by atoms with E-state index in [1.807, 2.05) is 0 Å². The van der Waals surface area contributed by atoms with Crippen LogP contribution in [0.1, 0.15) is 5.76 Å². The minimum atomic E-state index is -3.82. The molecule has 2 heterocycles. The summed E-state index contributed by atoms with van der Waals surface area (Å²) in [5.74, 6) is 0.582. The molecule has 0 bridgehead atoms. The molecule has 1 aromatic carbocycles. The molecule has 0 aliphatic rings. The molecule has 0 amide bonds. The van der Waals surface area contributed by atoms with Crippen molar-refractivity contribution in [2.45, 2.75) is 11.8 Å². The minimum absolute atomic E-state index is 0.0521. The van der Waals surface area contributed by atoms with E-state index in [0.29, 0.717) is 21.3 Å². The maximum atomic E-state index is 12.4. The normalized spacial score (nSPS) is 11.9. The Kier molecular flexibility index (Phi) is 3.22. The lowest BCUT2D eigenvalue weighted by Gasteiger charge is -2.05. The first-order chi connectivity index (χ1) is 9.49. The molecular formula is C10H7BrN4O3S2. The van der Waals surface area contributed by atoms with Gasteiger partial charge in [0.15, 0.2) is 5.82 Å². The smallest absolute Gasteiger partial charge is 0.265 e. The second kappa shape index (κ2) is 4.79. The second-order valence-electron chi connectivity index (χ2n) is 3.89. The van der Waals surface area contributed by atoms with Crippen LogP contribution in [0.3, 0.4) is 0 Å². The topological polar surface area (TPSA) is 98.0 Å². The van der Waals surface area contributed by atoms with Gasteiger partial charge in [0, 0.05) is 0 Å². The van der Waals surface area contributed by atoms with Crippen LogP contribution in [0.5, 0.6) is 0 Å². The van der Waals surface area contributed by atoms with Crippen molar-refractivity contribution in [1.29, 1.82) is 0 Å². The highest BCUT2D eigenvalue weighted by Gasteiger charge is 2.23. The molecule has 0 radical (unpaired) electrons. The zero-order chi connectivity index (χ0) is 14.3. The van der Waals surface area contributed by atoms with Gasteiger partial charge >= 0.3 is 0 Å². The molecule has 1 N–H and O–H groups in total. The lowest BCUT2D eigenvalue weighted by atomic mass is 10.3. The van der Waals surface area contributed by atoms with E-state index < -0.39 is 10.0 Å². The Labute approximate surface area is 126 Å². The van der Waals surface area contributed by atoms with Crippen LogP contribution >= 0.6 is 27.7 Å². The molecule has 104 valence electrons. The summed E-state index contributed by atoms with van der Waals surface area (Å²) in [6, 6.07) is 4.78. The highest BCUT2D eigenvalue weighted by molar-refractivity contribution is 9.10. The van der Waals surface area contributed by atoms with Gasteiger partial charge in [0.25, 0.3) is 10.0 Å². The molecule has 0 atom stereocenters. The van der Waals surface area contributed by atoms with Gasteiger partial charge in [-0.25, -0.2) is 8.42 Å². The third kappa shape index (κ3) is 2.19. The summed E-state index contributed by atoms with van der Waals surface area (Å²) in [7, 11) is -3.82. The fourth-order valence-corrected chi connectivity index (χ4v) is 3.75. The van der Waals surface area contributed by atoms with Gasteiger partial charge in [-0.2, -0.15) is 8.75 Å². The number of anilines is 1. The zero-order valence-electron chi connectivity index (χ0n) is 9.99. The average molecular weight is 375 g/mol. The number of nitrogens with zero attached hydrogens (tertiary/aromatic N) is 3. The quantitative estimate of drug-likeness (QED) is 0.756. The molecule has 3 rings (SSSR count). The van der Waals surface area contributed by atoms with Crippen LogP contribution in [0.15, 0.2) is 32.1 Å². The fraction of sp³-hybridized carbons (Fsp3) is 0.100. The van der Waals surface area contributed by atoms with Crippen LogP contribution in [0.25, 0.3) is 11.0 Å². The summed E-state index contributed by atoms with van der Waals surface area (Å²) in [5.41, 5.74) is 0.870. The Hall–Kier alpha value is -1.52. The molecule has 0 unspecified atom stereocenters. The van der Waals surface area contributed by atoms with Crippen LogP contribution in [0, 0.1) is 6.92 Å². The van der Waals surface area contributed by atoms with Crippen LogP contribution in [-0.4, -0.2) is 22.3 Å².